The van der Waals surface area contributed by atoms with Crippen molar-refractivity contribution < 1.29 is 24.2 Å². The highest BCUT2D eigenvalue weighted by molar-refractivity contribution is 7.17. The van der Waals surface area contributed by atoms with E-state index >= 15 is 0 Å². The molecule has 1 aromatic heterocycles. The number of nitrogens with one attached hydrogen (secondary N) is 1. The minimum Gasteiger partial charge on any atom is -0.481 e. The van der Waals surface area contributed by atoms with Crippen LogP contribution in [0.15, 0.2) is 12.2 Å². The van der Waals surface area contributed by atoms with Crippen LogP contribution in [0.1, 0.15) is 40.6 Å². The average Bonchev–Trinajstić information content (AvgIpc) is 3.32. The molecular weight excluding hydrogens is 366 g/mol. The second-order valence-corrected chi connectivity index (χ2v) is 8.98. The number of allylic oxidation sites excluding steroid dienone is 2. The first kappa shape index (κ1) is 18.2. The third kappa shape index (κ3) is 2.98. The topological polar surface area (TPSA) is 92.7 Å². The van der Waals surface area contributed by atoms with Gasteiger partial charge in [0.15, 0.2) is 0 Å². The maximum atomic E-state index is 13.0. The molecule has 144 valence electrons. The number of amides is 1. The van der Waals surface area contributed by atoms with E-state index in [9.17, 15) is 19.5 Å². The van der Waals surface area contributed by atoms with E-state index in [1.807, 2.05) is 12.2 Å². The Morgan fingerprint density at radius 3 is 2.59 bits per heavy atom. The van der Waals surface area contributed by atoms with Gasteiger partial charge in [-0.1, -0.05) is 19.1 Å². The van der Waals surface area contributed by atoms with Crippen molar-refractivity contribution in [2.24, 2.45) is 29.6 Å². The van der Waals surface area contributed by atoms with Crippen LogP contribution in [0.4, 0.5) is 5.00 Å². The number of carboxylic acids is 1. The van der Waals surface area contributed by atoms with Crippen molar-refractivity contribution in [3.05, 3.63) is 28.2 Å². The number of methoxy groups -OCH3 is 1. The predicted molar refractivity (Wildman–Crippen MR) is 101 cm³/mol. The van der Waals surface area contributed by atoms with Crippen molar-refractivity contribution in [2.45, 2.75) is 32.6 Å². The molecule has 2 N–H and O–H groups in total. The smallest absolute Gasteiger partial charge is 0.341 e. The van der Waals surface area contributed by atoms with Gasteiger partial charge in [0.25, 0.3) is 0 Å². The van der Waals surface area contributed by atoms with Crippen LogP contribution in [0.2, 0.25) is 0 Å². The van der Waals surface area contributed by atoms with Crippen molar-refractivity contribution in [2.75, 3.05) is 12.4 Å². The van der Waals surface area contributed by atoms with E-state index in [0.29, 0.717) is 22.9 Å². The molecule has 4 rings (SSSR count). The van der Waals surface area contributed by atoms with Gasteiger partial charge in [-0.2, -0.15) is 0 Å². The van der Waals surface area contributed by atoms with Crippen LogP contribution in [0.3, 0.4) is 0 Å². The Morgan fingerprint density at radius 1 is 1.22 bits per heavy atom. The van der Waals surface area contributed by atoms with Gasteiger partial charge >= 0.3 is 11.9 Å². The fourth-order valence-corrected chi connectivity index (χ4v) is 6.27. The molecule has 0 saturated heterocycles. The number of ether oxygens (including phenoxy) is 1. The SMILES string of the molecule is COC(=O)c1c(NC(=O)[C@@H]2[C@@H](C(=O)O)[C@H]3C=C[C@H]2C3)sc2c1CC[C@@H](C)C2. The first-order chi connectivity index (χ1) is 12.9. The van der Waals surface area contributed by atoms with E-state index < -0.39 is 23.8 Å². The number of aliphatic carboxylic acids is 1. The molecule has 1 heterocycles. The van der Waals surface area contributed by atoms with Gasteiger partial charge in [0.05, 0.1) is 24.5 Å². The highest BCUT2D eigenvalue weighted by Crippen LogP contribution is 2.49. The third-order valence-corrected chi connectivity index (χ3v) is 7.35. The number of hydrogen-bond acceptors (Lipinski definition) is 5. The van der Waals surface area contributed by atoms with Gasteiger partial charge in [0.2, 0.25) is 5.91 Å². The summed E-state index contributed by atoms with van der Waals surface area (Å²) in [4.78, 5) is 38.2. The van der Waals surface area contributed by atoms with E-state index in [0.717, 1.165) is 29.7 Å². The van der Waals surface area contributed by atoms with Crippen LogP contribution in [-0.2, 0) is 27.2 Å². The van der Waals surface area contributed by atoms with Gasteiger partial charge in [0.1, 0.15) is 5.00 Å². The summed E-state index contributed by atoms with van der Waals surface area (Å²) in [6, 6.07) is 0. The molecule has 3 aliphatic rings. The van der Waals surface area contributed by atoms with Crippen molar-refractivity contribution in [1.82, 2.24) is 0 Å². The standard InChI is InChI=1S/C20H23NO5S/c1-9-3-6-12-13(7-9)27-18(16(12)20(25)26-2)21-17(22)14-10-4-5-11(8-10)15(14)19(23)24/h4-5,9-11,14-15H,3,6-8H2,1-2H3,(H,21,22)(H,23,24)/t9-,10+,11+,14+,15+/m1/s1. The molecule has 0 spiro atoms. The summed E-state index contributed by atoms with van der Waals surface area (Å²) in [6.45, 7) is 2.18. The Morgan fingerprint density at radius 2 is 1.93 bits per heavy atom. The lowest BCUT2D eigenvalue weighted by Gasteiger charge is -2.23. The summed E-state index contributed by atoms with van der Waals surface area (Å²) in [5, 5.41) is 13.0. The minimum absolute atomic E-state index is 0.0488. The maximum absolute atomic E-state index is 13.0. The van der Waals surface area contributed by atoms with Gasteiger partial charge in [-0.15, -0.1) is 11.3 Å². The van der Waals surface area contributed by atoms with Gasteiger partial charge in [-0.05, 0) is 49.0 Å². The molecular formula is C20H23NO5S. The van der Waals surface area contributed by atoms with Crippen LogP contribution in [0, 0.1) is 29.6 Å². The first-order valence-electron chi connectivity index (χ1n) is 9.35. The largest absolute Gasteiger partial charge is 0.481 e. The molecule has 0 radical (unpaired) electrons. The molecule has 1 fully saturated rings. The number of hydrogen-bond donors (Lipinski definition) is 2. The molecule has 0 aromatic carbocycles. The molecule has 1 amide bonds. The number of fused-ring (bicyclic) bond motifs is 3. The third-order valence-electron chi connectivity index (χ3n) is 6.19. The maximum Gasteiger partial charge on any atom is 0.341 e. The zero-order valence-corrected chi connectivity index (χ0v) is 16.2. The van der Waals surface area contributed by atoms with Crippen LogP contribution in [0.25, 0.3) is 0 Å². The van der Waals surface area contributed by atoms with E-state index in [2.05, 4.69) is 12.2 Å². The van der Waals surface area contributed by atoms with Gasteiger partial charge < -0.3 is 15.2 Å². The highest BCUT2D eigenvalue weighted by Gasteiger charge is 2.51. The van der Waals surface area contributed by atoms with Gasteiger partial charge in [0, 0.05) is 4.88 Å². The summed E-state index contributed by atoms with van der Waals surface area (Å²) in [5.41, 5.74) is 1.42. The number of carbonyl (C=O) groups excluding carboxylic acids is 2. The van der Waals surface area contributed by atoms with Crippen molar-refractivity contribution in [3.63, 3.8) is 0 Å². The highest BCUT2D eigenvalue weighted by atomic mass is 32.1. The molecule has 0 unspecified atom stereocenters. The number of carboxylic acid groups (broad SMARTS) is 1. The molecule has 7 heteroatoms. The van der Waals surface area contributed by atoms with E-state index in [-0.39, 0.29) is 17.7 Å². The Bertz CT molecular complexity index is 842. The number of esters is 1. The van der Waals surface area contributed by atoms with Gasteiger partial charge in [-0.3, -0.25) is 9.59 Å². The molecule has 27 heavy (non-hydrogen) atoms. The summed E-state index contributed by atoms with van der Waals surface area (Å²) in [6.07, 6.45) is 7.25. The van der Waals surface area contributed by atoms with E-state index in [1.54, 1.807) is 0 Å². The van der Waals surface area contributed by atoms with E-state index in [1.165, 1.54) is 18.4 Å². The van der Waals surface area contributed by atoms with Crippen LogP contribution < -0.4 is 5.32 Å². The zero-order chi connectivity index (χ0) is 19.3. The van der Waals surface area contributed by atoms with Crippen molar-refractivity contribution >= 4 is 34.2 Å². The van der Waals surface area contributed by atoms with Gasteiger partial charge in [-0.25, -0.2) is 4.79 Å². The van der Waals surface area contributed by atoms with Crippen LogP contribution >= 0.6 is 11.3 Å². The molecule has 5 atom stereocenters. The quantitative estimate of drug-likeness (QED) is 0.610. The fourth-order valence-electron chi connectivity index (χ4n) is 4.87. The van der Waals surface area contributed by atoms with Crippen LogP contribution in [0.5, 0.6) is 0 Å². The first-order valence-corrected chi connectivity index (χ1v) is 10.2. The number of anilines is 1. The van der Waals surface area contributed by atoms with Crippen LogP contribution in [-0.4, -0.2) is 30.1 Å². The molecule has 3 aliphatic carbocycles. The number of rotatable bonds is 4. The summed E-state index contributed by atoms with van der Waals surface area (Å²) in [5.74, 6) is -2.57. The zero-order valence-electron chi connectivity index (χ0n) is 15.4. The normalized spacial score (nSPS) is 30.8. The van der Waals surface area contributed by atoms with E-state index in [4.69, 9.17) is 4.74 Å². The second-order valence-electron chi connectivity index (χ2n) is 7.87. The summed E-state index contributed by atoms with van der Waals surface area (Å²) in [7, 11) is 1.34. The summed E-state index contributed by atoms with van der Waals surface area (Å²) < 4.78 is 4.96. The Balaban J connectivity index is 1.64. The fraction of sp³-hybridized carbons (Fsp3) is 0.550. The molecule has 2 bridgehead atoms. The van der Waals surface area contributed by atoms with Crippen molar-refractivity contribution in [1.29, 1.82) is 0 Å². The molecule has 1 aromatic rings. The molecule has 0 aliphatic heterocycles. The lowest BCUT2D eigenvalue weighted by molar-refractivity contribution is -0.146. The second kappa shape index (κ2) is 6.78. The number of carbonyl (C=O) groups is 3. The molecule has 6 nitrogen and oxygen atoms in total. The predicted octanol–water partition coefficient (Wildman–Crippen LogP) is 3.12. The van der Waals surface area contributed by atoms with Crippen molar-refractivity contribution in [3.8, 4) is 0 Å². The lowest BCUT2D eigenvalue weighted by Crippen LogP contribution is -2.36. The monoisotopic (exact) mass is 389 g/mol. The average molecular weight is 389 g/mol. The Labute approximate surface area is 161 Å². The molecule has 1 saturated carbocycles. The lowest BCUT2D eigenvalue weighted by atomic mass is 9.82. The number of thiophene rings is 1. The minimum atomic E-state index is -0.931. The Kier molecular flexibility index (Phi) is 4.58. The summed E-state index contributed by atoms with van der Waals surface area (Å²) >= 11 is 1.43. The Hall–Kier alpha value is -2.15.